The summed E-state index contributed by atoms with van der Waals surface area (Å²) in [6.45, 7) is 21.0. The average molecular weight is 2030 g/mol. The van der Waals surface area contributed by atoms with E-state index >= 15 is 0 Å². The first kappa shape index (κ1) is 119. The number of terminal acetylenes is 5. The predicted octanol–water partition coefficient (Wildman–Crippen LogP) is 12.5. The number of nitrogens with one attached hydrogen (secondary N) is 1. The van der Waals surface area contributed by atoms with Crippen LogP contribution in [0.5, 0.6) is 23.0 Å². The molecule has 0 bridgehead atoms. The molecule has 3 heterocycles. The van der Waals surface area contributed by atoms with Crippen LogP contribution in [0.4, 0.5) is 22.7 Å². The number of aryl methyl sites for hydroxylation is 5. The van der Waals surface area contributed by atoms with Gasteiger partial charge in [-0.15, -0.1) is 48.6 Å². The molecule has 0 aliphatic carbocycles. The smallest absolute Gasteiger partial charge is 0.306 e. The van der Waals surface area contributed by atoms with Gasteiger partial charge in [0.05, 0.1) is 119 Å². The molecular formula is C111H123N11O24S. The summed E-state index contributed by atoms with van der Waals surface area (Å²) in [4.78, 5) is 195. The van der Waals surface area contributed by atoms with Gasteiger partial charge in [-0.2, -0.15) is 0 Å². The van der Waals surface area contributed by atoms with Gasteiger partial charge in [-0.25, -0.2) is 4.68 Å². The van der Waals surface area contributed by atoms with Crippen molar-refractivity contribution in [2.75, 3.05) is 127 Å². The molecule has 2 aromatic heterocycles. The van der Waals surface area contributed by atoms with E-state index in [1.165, 1.54) is 54.0 Å². The lowest BCUT2D eigenvalue weighted by Gasteiger charge is -2.31. The largest absolute Gasteiger partial charge is 0.497 e. The highest BCUT2D eigenvalue weighted by molar-refractivity contribution is 7.10. The van der Waals surface area contributed by atoms with Gasteiger partial charge in [0, 0.05) is 97.9 Å². The second-order valence-corrected chi connectivity index (χ2v) is 33.3. The zero-order chi connectivity index (χ0) is 108. The summed E-state index contributed by atoms with van der Waals surface area (Å²) < 4.78 is 47.3. The SMILES string of the molecule is C#CC(=O)N(CC(=O)CCC(=O)OCC)c1ccc(-n2cnnn2)c(C)c1.C#CC(=O)N(CC(=O)CCC(=O)OCC)c1ccc(OC)cc1C.C#CC(=O)N(Cc1ccc(C)cc1OC)C(C(=O)CCC(=O)OCC)c1ccccc1.C#CC(=O)N(c1ccc(OC)cc1C)C(C(=O)CCC(=O)NCCN1CCOCC1)c1cccs1.C#CC(=O)N(c1ccc(OC)cc1C)C(C(=O)CCC(=O)OCC)c1ccccc1. The van der Waals surface area contributed by atoms with Crippen molar-refractivity contribution >= 4 is 122 Å². The van der Waals surface area contributed by atoms with Crippen LogP contribution >= 0.6 is 11.3 Å². The Morgan fingerprint density at radius 1 is 0.442 bits per heavy atom. The molecule has 7 aromatic carbocycles. The van der Waals surface area contributed by atoms with E-state index < -0.39 is 71.5 Å². The molecular weight excluding hydrogens is 1900 g/mol. The van der Waals surface area contributed by atoms with Gasteiger partial charge < -0.3 is 52.8 Å². The van der Waals surface area contributed by atoms with Crippen LogP contribution in [0.3, 0.4) is 0 Å². The van der Waals surface area contributed by atoms with Crippen LogP contribution in [0.1, 0.15) is 159 Å². The van der Waals surface area contributed by atoms with Crippen molar-refractivity contribution in [1.82, 2.24) is 35.3 Å². The Balaban J connectivity index is 0.000000282. The van der Waals surface area contributed by atoms with E-state index in [2.05, 4.69) is 43.5 Å². The zero-order valence-electron chi connectivity index (χ0n) is 84.8. The molecule has 3 unspecified atom stereocenters. The molecule has 10 rings (SSSR count). The van der Waals surface area contributed by atoms with Gasteiger partial charge in [0.1, 0.15) is 47.5 Å². The molecule has 1 fully saturated rings. The molecule has 36 heteroatoms. The van der Waals surface area contributed by atoms with Gasteiger partial charge in [0.25, 0.3) is 5.91 Å². The van der Waals surface area contributed by atoms with Crippen molar-refractivity contribution in [3.8, 4) is 90.4 Å². The van der Waals surface area contributed by atoms with Crippen LogP contribution in [-0.2, 0) is 102 Å². The number of ether oxygens (including phenoxy) is 9. The molecule has 772 valence electrons. The predicted molar refractivity (Wildman–Crippen MR) is 553 cm³/mol. The monoisotopic (exact) mass is 2030 g/mol. The molecule has 0 radical (unpaired) electrons. The number of anilines is 4. The number of esters is 4. The Kier molecular flexibility index (Phi) is 51.3. The summed E-state index contributed by atoms with van der Waals surface area (Å²) in [7, 11) is 6.19. The lowest BCUT2D eigenvalue weighted by atomic mass is 9.96. The fraction of sp³-hybridized carbons (Fsp3) is 0.351. The van der Waals surface area contributed by atoms with E-state index in [0.717, 1.165) is 58.7 Å². The Hall–Kier alpha value is -16.7. The van der Waals surface area contributed by atoms with E-state index in [0.29, 0.717) is 81.5 Å². The number of ketones is 5. The maximum absolute atomic E-state index is 13.5. The molecule has 6 amide bonds. The summed E-state index contributed by atoms with van der Waals surface area (Å²) in [5.74, 6) is 6.31. The van der Waals surface area contributed by atoms with E-state index in [9.17, 15) is 71.9 Å². The molecule has 0 spiro atoms. The van der Waals surface area contributed by atoms with Crippen molar-refractivity contribution in [3.05, 3.63) is 225 Å². The second kappa shape index (κ2) is 63.3. The number of morpholine rings is 1. The fourth-order valence-corrected chi connectivity index (χ4v) is 15.8. The van der Waals surface area contributed by atoms with E-state index in [1.807, 2.05) is 74.4 Å². The number of Topliss-reactive ketones (excluding diaryl/α,β-unsaturated/α-hetero) is 5. The Morgan fingerprint density at radius 3 is 1.32 bits per heavy atom. The van der Waals surface area contributed by atoms with Crippen LogP contribution in [0.15, 0.2) is 175 Å². The summed E-state index contributed by atoms with van der Waals surface area (Å²) >= 11 is 1.36. The van der Waals surface area contributed by atoms with Crippen LogP contribution in [-0.4, -0.2) is 226 Å². The summed E-state index contributed by atoms with van der Waals surface area (Å²) in [5, 5.41) is 15.7. The molecule has 3 atom stereocenters. The highest BCUT2D eigenvalue weighted by Gasteiger charge is 2.37. The summed E-state index contributed by atoms with van der Waals surface area (Å²) in [6, 6.07) is 44.7. The number of methoxy groups -OCH3 is 4. The number of tetrazole rings is 1. The summed E-state index contributed by atoms with van der Waals surface area (Å²) in [5.41, 5.74) is 8.68. The van der Waals surface area contributed by atoms with Gasteiger partial charge in [-0.3, -0.25) is 96.4 Å². The molecule has 1 saturated heterocycles. The number of thiophene rings is 1. The van der Waals surface area contributed by atoms with Gasteiger partial charge in [-0.05, 0) is 232 Å². The number of aromatic nitrogens is 4. The third-order valence-corrected chi connectivity index (χ3v) is 23.1. The Labute approximate surface area is 860 Å². The van der Waals surface area contributed by atoms with Crippen LogP contribution < -0.4 is 43.9 Å². The number of amides is 6. The zero-order valence-corrected chi connectivity index (χ0v) is 85.6. The minimum Gasteiger partial charge on any atom is -0.497 e. The van der Waals surface area contributed by atoms with Gasteiger partial charge in [0.2, 0.25) is 5.91 Å². The standard InChI is InChI=1S/C26H31N3O5S.C25H27NO5.C24H25NO5.C18H19N5O4.C18H21NO5/c1-4-25(32)29(21-8-7-20(33-3)18-19(21)2)26(23-6-5-17-35-23)22(30)9-10-24(31)27-11-12-28-13-15-34-16-14-28;1-5-23(28)26(17-20-13-12-18(3)16-22(20)30-4)25(19-10-8-7-9-11-19)21(27)14-15-24(29)31-6-2;1-5-22(27)25(20-13-12-19(29-4)16-17(20)3)24(18-10-8-7-9-11-18)21(26)14-15-23(28)30-6-2;1-4-17(25)22(11-15(24)7-9-18(26)27-5-2)14-6-8-16(13(3)10-14)23-12-19-20-21-23;1-5-17(21)19(12-14(20)7-10-18(22)24-6-2)16-9-8-15(23-4)11-13(16)3/h1,5-8,17-18,26H,9-16H2,2-3H3,(H,27,31);1,7-13,16,25H,6,14-15,17H2,2-4H3;1,7-13,16,24H,6,14-15H2,2-4H3;1,6,8,10,12H,5,7,9,11H2,2-3H3;1,8-9,11H,6-7,10,12H2,2-4H3. The number of hydrogen-bond acceptors (Lipinski definition) is 29. The number of benzene rings is 7. The first-order valence-electron chi connectivity index (χ1n) is 46.9. The van der Waals surface area contributed by atoms with Gasteiger partial charge >= 0.3 is 47.5 Å². The van der Waals surface area contributed by atoms with Crippen molar-refractivity contribution in [1.29, 1.82) is 0 Å². The molecule has 1 N–H and O–H groups in total. The molecule has 1 aliphatic heterocycles. The minimum absolute atomic E-state index is 0.0115. The van der Waals surface area contributed by atoms with E-state index in [1.54, 1.807) is 190 Å². The maximum atomic E-state index is 13.5. The lowest BCUT2D eigenvalue weighted by molar-refractivity contribution is -0.145. The highest BCUT2D eigenvalue weighted by Crippen LogP contribution is 2.38. The van der Waals surface area contributed by atoms with Crippen molar-refractivity contribution in [3.63, 3.8) is 0 Å². The van der Waals surface area contributed by atoms with Crippen LogP contribution in [0.2, 0.25) is 0 Å². The molecule has 9 aromatic rings. The van der Waals surface area contributed by atoms with Crippen LogP contribution in [0, 0.1) is 96.3 Å². The molecule has 35 nitrogen and oxygen atoms in total. The average Bonchev–Trinajstić information content (AvgIpc) is 1.77. The number of carbonyl (C=O) groups excluding carboxylic acids is 15. The van der Waals surface area contributed by atoms with Crippen molar-refractivity contribution < 1.29 is 115 Å². The fourth-order valence-electron chi connectivity index (χ4n) is 15.0. The lowest BCUT2D eigenvalue weighted by Crippen LogP contribution is -2.41. The van der Waals surface area contributed by atoms with E-state index in [4.69, 9.17) is 74.7 Å². The highest BCUT2D eigenvalue weighted by atomic mass is 32.1. The third-order valence-electron chi connectivity index (χ3n) is 22.2. The normalized spacial score (nSPS) is 11.5. The molecule has 147 heavy (non-hydrogen) atoms. The van der Waals surface area contributed by atoms with Gasteiger partial charge in [0.15, 0.2) is 28.9 Å². The third kappa shape index (κ3) is 37.8. The van der Waals surface area contributed by atoms with E-state index in [-0.39, 0.29) is 145 Å². The number of carbonyl (C=O) groups is 15. The second-order valence-electron chi connectivity index (χ2n) is 32.3. The Bertz CT molecular complexity index is 6230. The van der Waals surface area contributed by atoms with Gasteiger partial charge in [-0.1, -0.05) is 78.9 Å². The van der Waals surface area contributed by atoms with Crippen molar-refractivity contribution in [2.45, 2.75) is 151 Å². The summed E-state index contributed by atoms with van der Waals surface area (Å²) in [6.07, 6.45) is 27.9. The van der Waals surface area contributed by atoms with Crippen LogP contribution in [0.25, 0.3) is 5.69 Å². The number of hydrogen-bond donors (Lipinski definition) is 1. The number of nitrogens with zero attached hydrogens (tertiary/aromatic N) is 10. The Morgan fingerprint density at radius 2 is 0.884 bits per heavy atom. The first-order valence-corrected chi connectivity index (χ1v) is 47.8. The molecule has 0 saturated carbocycles. The number of rotatable bonds is 46. The first-order chi connectivity index (χ1) is 70.6. The minimum atomic E-state index is -0.976. The molecule has 1 aliphatic rings. The van der Waals surface area contributed by atoms with Crippen molar-refractivity contribution in [2.24, 2.45) is 0 Å². The maximum Gasteiger partial charge on any atom is 0.306 e. The topological polar surface area (TPSA) is 414 Å². The quantitative estimate of drug-likeness (QED) is 0.0210.